The fourth-order valence-corrected chi connectivity index (χ4v) is 5.99. The number of furan rings is 1. The number of aliphatic hydroxyl groups is 1. The molecule has 0 aliphatic carbocycles. The van der Waals surface area contributed by atoms with Gasteiger partial charge in [-0.1, -0.05) is 30.3 Å². The number of benzene rings is 1. The highest BCUT2D eigenvalue weighted by Crippen LogP contribution is 2.33. The molecule has 35 heavy (non-hydrogen) atoms. The van der Waals surface area contributed by atoms with Crippen LogP contribution in [0.2, 0.25) is 0 Å². The van der Waals surface area contributed by atoms with E-state index in [2.05, 4.69) is 34.1 Å². The van der Waals surface area contributed by atoms with Crippen molar-refractivity contribution in [1.82, 2.24) is 19.8 Å². The van der Waals surface area contributed by atoms with Gasteiger partial charge in [-0.3, -0.25) is 14.6 Å². The minimum Gasteiger partial charge on any atom is -0.468 e. The van der Waals surface area contributed by atoms with E-state index in [0.29, 0.717) is 25.5 Å². The second kappa shape index (κ2) is 10.8. The quantitative estimate of drug-likeness (QED) is 0.350. The number of fused-ring (bicyclic) bond motifs is 3. The van der Waals surface area contributed by atoms with Crippen molar-refractivity contribution in [3.8, 4) is 0 Å². The normalized spacial score (nSPS) is 15.1. The number of aliphatic hydroxyl groups excluding tert-OH is 1. The number of nitrogens with one attached hydrogen (secondary N) is 1. The van der Waals surface area contributed by atoms with Gasteiger partial charge < -0.3 is 19.2 Å². The Morgan fingerprint density at radius 1 is 1.26 bits per heavy atom. The summed E-state index contributed by atoms with van der Waals surface area (Å²) < 4.78 is 10.6. The van der Waals surface area contributed by atoms with Crippen LogP contribution in [-0.2, 0) is 37.3 Å². The second-order valence-electron chi connectivity index (χ2n) is 9.00. The molecular formula is C26H30N4O4S. The molecule has 0 spiro atoms. The molecule has 0 fully saturated rings. The summed E-state index contributed by atoms with van der Waals surface area (Å²) in [6.45, 7) is 4.12. The van der Waals surface area contributed by atoms with Crippen LogP contribution in [0.5, 0.6) is 0 Å². The van der Waals surface area contributed by atoms with Crippen LogP contribution >= 0.6 is 11.3 Å². The third kappa shape index (κ3) is 5.71. The monoisotopic (exact) mass is 494 g/mol. The summed E-state index contributed by atoms with van der Waals surface area (Å²) in [6.07, 6.45) is 1.82. The minimum atomic E-state index is -0.657. The number of aromatic amines is 1. The van der Waals surface area contributed by atoms with Crippen LogP contribution in [0.25, 0.3) is 10.2 Å². The summed E-state index contributed by atoms with van der Waals surface area (Å²) >= 11 is 1.62. The van der Waals surface area contributed by atoms with Gasteiger partial charge in [0.15, 0.2) is 0 Å². The van der Waals surface area contributed by atoms with E-state index in [-0.39, 0.29) is 12.2 Å². The number of hydrogen-bond acceptors (Lipinski definition) is 8. The summed E-state index contributed by atoms with van der Waals surface area (Å²) in [5.74, 6) is 1.36. The fourth-order valence-electron chi connectivity index (χ4n) is 4.71. The van der Waals surface area contributed by atoms with E-state index in [1.165, 1.54) is 10.4 Å². The van der Waals surface area contributed by atoms with Crippen molar-refractivity contribution < 1.29 is 14.3 Å². The Hall–Kier alpha value is -2.82. The molecule has 0 saturated carbocycles. The first-order valence-electron chi connectivity index (χ1n) is 11.8. The zero-order chi connectivity index (χ0) is 24.2. The number of rotatable bonds is 10. The SMILES string of the molecule is COC[C@H](O)CN(Cc1nc2sc3c(c2c(=O)[nH]1)CCN(Cc1ccccc1)C3)Cc1ccco1. The average Bonchev–Trinajstić information content (AvgIpc) is 3.47. The van der Waals surface area contributed by atoms with Gasteiger partial charge in [0.1, 0.15) is 16.4 Å². The molecule has 0 bridgehead atoms. The molecule has 4 aromatic rings. The van der Waals surface area contributed by atoms with Gasteiger partial charge in [-0.05, 0) is 29.7 Å². The largest absolute Gasteiger partial charge is 0.468 e. The molecular weight excluding hydrogens is 464 g/mol. The topological polar surface area (TPSA) is 94.8 Å². The van der Waals surface area contributed by atoms with Crippen LogP contribution in [0.1, 0.15) is 27.6 Å². The molecule has 4 heterocycles. The van der Waals surface area contributed by atoms with Gasteiger partial charge in [-0.15, -0.1) is 11.3 Å². The number of ether oxygens (including phenoxy) is 1. The van der Waals surface area contributed by atoms with Crippen molar-refractivity contribution in [2.24, 2.45) is 0 Å². The van der Waals surface area contributed by atoms with Gasteiger partial charge in [0.25, 0.3) is 5.56 Å². The van der Waals surface area contributed by atoms with E-state index in [9.17, 15) is 9.90 Å². The number of H-pyrrole nitrogens is 1. The number of hydrogen-bond donors (Lipinski definition) is 2. The standard InChI is InChI=1S/C26H30N4O4S/c1-33-17-19(31)13-30(14-20-8-5-11-34-20)16-23-27-25(32)24-21-9-10-29(12-18-6-3-2-4-7-18)15-22(21)35-26(24)28-23/h2-8,11,19,31H,9-10,12-17H2,1H3,(H,27,28,32)/t19-/m1/s1. The Morgan fingerprint density at radius 3 is 2.89 bits per heavy atom. The first-order chi connectivity index (χ1) is 17.1. The maximum Gasteiger partial charge on any atom is 0.259 e. The van der Waals surface area contributed by atoms with E-state index >= 15 is 0 Å². The third-order valence-electron chi connectivity index (χ3n) is 6.25. The van der Waals surface area contributed by atoms with Crippen LogP contribution in [0.3, 0.4) is 0 Å². The predicted octanol–water partition coefficient (Wildman–Crippen LogP) is 3.15. The lowest BCUT2D eigenvalue weighted by molar-refractivity contribution is 0.0317. The van der Waals surface area contributed by atoms with Crippen LogP contribution in [0.15, 0.2) is 57.9 Å². The molecule has 5 rings (SSSR count). The molecule has 2 N–H and O–H groups in total. The van der Waals surface area contributed by atoms with Gasteiger partial charge in [-0.2, -0.15) is 0 Å². The molecule has 8 nitrogen and oxygen atoms in total. The predicted molar refractivity (Wildman–Crippen MR) is 135 cm³/mol. The van der Waals surface area contributed by atoms with Crippen molar-refractivity contribution in [2.75, 3.05) is 26.8 Å². The zero-order valence-corrected chi connectivity index (χ0v) is 20.6. The highest BCUT2D eigenvalue weighted by atomic mass is 32.1. The molecule has 9 heteroatoms. The van der Waals surface area contributed by atoms with Gasteiger partial charge >= 0.3 is 0 Å². The van der Waals surface area contributed by atoms with E-state index in [1.807, 2.05) is 23.1 Å². The van der Waals surface area contributed by atoms with Gasteiger partial charge in [0, 0.05) is 38.2 Å². The van der Waals surface area contributed by atoms with Gasteiger partial charge in [0.05, 0.1) is 37.4 Å². The number of nitrogens with zero attached hydrogens (tertiary/aromatic N) is 3. The van der Waals surface area contributed by atoms with E-state index in [1.54, 1.807) is 24.7 Å². The molecule has 1 atom stereocenters. The maximum atomic E-state index is 13.1. The molecule has 184 valence electrons. The van der Waals surface area contributed by atoms with Crippen molar-refractivity contribution >= 4 is 21.6 Å². The van der Waals surface area contributed by atoms with E-state index < -0.39 is 6.10 Å². The molecule has 0 unspecified atom stereocenters. The van der Waals surface area contributed by atoms with Crippen molar-refractivity contribution in [3.63, 3.8) is 0 Å². The van der Waals surface area contributed by atoms with Crippen LogP contribution in [-0.4, -0.2) is 57.8 Å². The summed E-state index contributed by atoms with van der Waals surface area (Å²) in [5, 5.41) is 11.0. The van der Waals surface area contributed by atoms with Crippen LogP contribution < -0.4 is 5.56 Å². The Balaban J connectivity index is 1.36. The molecule has 3 aromatic heterocycles. The smallest absolute Gasteiger partial charge is 0.259 e. The van der Waals surface area contributed by atoms with E-state index in [0.717, 1.165) is 47.6 Å². The Morgan fingerprint density at radius 2 is 2.11 bits per heavy atom. The third-order valence-corrected chi connectivity index (χ3v) is 7.36. The summed E-state index contributed by atoms with van der Waals surface area (Å²) in [5.41, 5.74) is 2.34. The molecule has 0 radical (unpaired) electrons. The Bertz CT molecular complexity index is 1300. The molecule has 1 aliphatic rings. The lowest BCUT2D eigenvalue weighted by atomic mass is 10.0. The van der Waals surface area contributed by atoms with Gasteiger partial charge in [0.2, 0.25) is 0 Å². The fraction of sp³-hybridized carbons (Fsp3) is 0.385. The summed E-state index contributed by atoms with van der Waals surface area (Å²) in [6, 6.07) is 14.2. The second-order valence-corrected chi connectivity index (χ2v) is 10.1. The Kier molecular flexibility index (Phi) is 7.40. The zero-order valence-electron chi connectivity index (χ0n) is 19.8. The lowest BCUT2D eigenvalue weighted by Gasteiger charge is -2.26. The van der Waals surface area contributed by atoms with Crippen molar-refractivity contribution in [3.05, 3.63) is 86.7 Å². The average molecular weight is 495 g/mol. The molecule has 0 saturated heterocycles. The molecule has 1 aromatic carbocycles. The first kappa shape index (κ1) is 23.9. The summed E-state index contributed by atoms with van der Waals surface area (Å²) in [4.78, 5) is 27.4. The van der Waals surface area contributed by atoms with Gasteiger partial charge in [-0.25, -0.2) is 4.98 Å². The van der Waals surface area contributed by atoms with Crippen LogP contribution in [0, 0.1) is 0 Å². The van der Waals surface area contributed by atoms with E-state index in [4.69, 9.17) is 14.1 Å². The van der Waals surface area contributed by atoms with Crippen molar-refractivity contribution in [1.29, 1.82) is 0 Å². The van der Waals surface area contributed by atoms with Crippen molar-refractivity contribution in [2.45, 2.75) is 38.7 Å². The summed E-state index contributed by atoms with van der Waals surface area (Å²) in [7, 11) is 1.56. The molecule has 0 amide bonds. The van der Waals surface area contributed by atoms with Crippen LogP contribution in [0.4, 0.5) is 0 Å². The minimum absolute atomic E-state index is 0.0885. The number of methoxy groups -OCH3 is 1. The highest BCUT2D eigenvalue weighted by molar-refractivity contribution is 7.18. The Labute approximate surface area is 207 Å². The first-order valence-corrected chi connectivity index (χ1v) is 12.6. The molecule has 1 aliphatic heterocycles. The number of aromatic nitrogens is 2. The maximum absolute atomic E-state index is 13.1. The number of thiophene rings is 1. The lowest BCUT2D eigenvalue weighted by Crippen LogP contribution is -2.35. The highest BCUT2D eigenvalue weighted by Gasteiger charge is 2.24.